The Labute approximate surface area is 204 Å². The number of nitrogens with zero attached hydrogens (tertiary/aromatic N) is 3. The van der Waals surface area contributed by atoms with E-state index in [2.05, 4.69) is 21.9 Å². The van der Waals surface area contributed by atoms with E-state index in [0.717, 1.165) is 48.9 Å². The SMILES string of the molecule is COc1cccc(N2CCN(C[C@@H]3CN(C(=O)c4cccs4)C[C@H]3c3cccc(F)c3)CC2)c1. The lowest BCUT2D eigenvalue weighted by atomic mass is 9.88. The van der Waals surface area contributed by atoms with E-state index in [1.54, 1.807) is 19.2 Å². The molecular weight excluding hydrogens is 449 g/mol. The highest BCUT2D eigenvalue weighted by molar-refractivity contribution is 7.12. The van der Waals surface area contributed by atoms with Crippen molar-refractivity contribution in [1.29, 1.82) is 0 Å². The van der Waals surface area contributed by atoms with E-state index in [1.807, 2.05) is 40.6 Å². The van der Waals surface area contributed by atoms with Gasteiger partial charge in [0.15, 0.2) is 0 Å². The highest BCUT2D eigenvalue weighted by Gasteiger charge is 2.38. The van der Waals surface area contributed by atoms with E-state index in [0.29, 0.717) is 13.1 Å². The van der Waals surface area contributed by atoms with Gasteiger partial charge in [-0.1, -0.05) is 24.3 Å². The minimum absolute atomic E-state index is 0.0850. The summed E-state index contributed by atoms with van der Waals surface area (Å²) in [4.78, 5) is 20.7. The second-order valence-corrected chi connectivity index (χ2v) is 10.0. The molecule has 0 N–H and O–H groups in total. The van der Waals surface area contributed by atoms with Gasteiger partial charge in [0.05, 0.1) is 12.0 Å². The molecule has 2 fully saturated rings. The standard InChI is InChI=1S/C27H30FN3O2S/c1-33-24-8-3-7-23(16-24)30-12-10-29(11-13-30)17-21-18-31(27(32)26-9-4-14-34-26)19-25(21)20-5-2-6-22(28)15-20/h2-9,14-16,21,25H,10-13,17-19H2,1H3/t21-,25+/m1/s1. The van der Waals surface area contributed by atoms with Crippen molar-refractivity contribution >= 4 is 22.9 Å². The molecule has 2 aliphatic heterocycles. The molecule has 3 heterocycles. The summed E-state index contributed by atoms with van der Waals surface area (Å²) in [6, 6.07) is 18.9. The van der Waals surface area contributed by atoms with Crippen LogP contribution in [0.4, 0.5) is 10.1 Å². The number of carbonyl (C=O) groups excluding carboxylic acids is 1. The normalized spacial score (nSPS) is 21.1. The first-order chi connectivity index (χ1) is 16.6. The van der Waals surface area contributed by atoms with Crippen LogP contribution in [0.3, 0.4) is 0 Å². The van der Waals surface area contributed by atoms with Crippen molar-refractivity contribution in [2.45, 2.75) is 5.92 Å². The molecule has 2 aromatic carbocycles. The maximum absolute atomic E-state index is 14.0. The summed E-state index contributed by atoms with van der Waals surface area (Å²) in [5, 5.41) is 1.94. The lowest BCUT2D eigenvalue weighted by molar-refractivity contribution is 0.0787. The number of rotatable bonds is 6. The fourth-order valence-corrected chi connectivity index (χ4v) is 5.91. The predicted octanol–water partition coefficient (Wildman–Crippen LogP) is 4.57. The molecule has 1 amide bonds. The van der Waals surface area contributed by atoms with Gasteiger partial charge in [0.2, 0.25) is 0 Å². The summed E-state index contributed by atoms with van der Waals surface area (Å²) in [6.07, 6.45) is 0. The first-order valence-electron chi connectivity index (χ1n) is 11.8. The fraction of sp³-hybridized carbons (Fsp3) is 0.370. The summed E-state index contributed by atoms with van der Waals surface area (Å²) in [5.74, 6) is 1.15. The summed E-state index contributed by atoms with van der Waals surface area (Å²) in [5.41, 5.74) is 2.17. The van der Waals surface area contributed by atoms with Crippen molar-refractivity contribution in [2.75, 3.05) is 57.8 Å². The average molecular weight is 480 g/mol. The van der Waals surface area contributed by atoms with Crippen LogP contribution in [0.1, 0.15) is 21.2 Å². The zero-order valence-electron chi connectivity index (χ0n) is 19.4. The third kappa shape index (κ3) is 4.95. The Morgan fingerprint density at radius 3 is 2.59 bits per heavy atom. The Bertz CT molecular complexity index is 1110. The molecule has 0 radical (unpaired) electrons. The molecule has 2 saturated heterocycles. The third-order valence-electron chi connectivity index (χ3n) is 7.02. The topological polar surface area (TPSA) is 36.0 Å². The van der Waals surface area contributed by atoms with E-state index in [1.165, 1.54) is 23.1 Å². The number of methoxy groups -OCH3 is 1. The van der Waals surface area contributed by atoms with Gasteiger partial charge in [-0.15, -0.1) is 11.3 Å². The second-order valence-electron chi connectivity index (χ2n) is 9.10. The monoisotopic (exact) mass is 479 g/mol. The molecule has 2 atom stereocenters. The lowest BCUT2D eigenvalue weighted by Crippen LogP contribution is -2.48. The highest BCUT2D eigenvalue weighted by Crippen LogP contribution is 2.35. The van der Waals surface area contributed by atoms with Crippen LogP contribution in [0.15, 0.2) is 66.0 Å². The minimum Gasteiger partial charge on any atom is -0.497 e. The molecule has 2 aliphatic rings. The number of halogens is 1. The van der Waals surface area contributed by atoms with Gasteiger partial charge in [0.25, 0.3) is 5.91 Å². The van der Waals surface area contributed by atoms with E-state index in [9.17, 15) is 9.18 Å². The number of ether oxygens (including phenoxy) is 1. The number of benzene rings is 2. The number of hydrogen-bond donors (Lipinski definition) is 0. The predicted molar refractivity (Wildman–Crippen MR) is 135 cm³/mol. The van der Waals surface area contributed by atoms with E-state index in [4.69, 9.17) is 4.74 Å². The highest BCUT2D eigenvalue weighted by atomic mass is 32.1. The van der Waals surface area contributed by atoms with Gasteiger partial charge in [-0.3, -0.25) is 9.69 Å². The first kappa shape index (κ1) is 22.9. The third-order valence-corrected chi connectivity index (χ3v) is 7.88. The van der Waals surface area contributed by atoms with Crippen molar-refractivity contribution in [3.05, 3.63) is 82.3 Å². The van der Waals surface area contributed by atoms with Crippen LogP contribution >= 0.6 is 11.3 Å². The van der Waals surface area contributed by atoms with Crippen LogP contribution in [-0.2, 0) is 0 Å². The van der Waals surface area contributed by atoms with Crippen LogP contribution < -0.4 is 9.64 Å². The maximum atomic E-state index is 14.0. The number of likely N-dealkylation sites (tertiary alicyclic amines) is 1. The van der Waals surface area contributed by atoms with Gasteiger partial charge in [-0.25, -0.2) is 4.39 Å². The first-order valence-corrected chi connectivity index (χ1v) is 12.7. The number of anilines is 1. The molecule has 0 spiro atoms. The molecule has 7 heteroatoms. The molecule has 0 bridgehead atoms. The number of carbonyl (C=O) groups is 1. The Hall–Kier alpha value is -2.90. The van der Waals surface area contributed by atoms with Gasteiger partial charge < -0.3 is 14.5 Å². The lowest BCUT2D eigenvalue weighted by Gasteiger charge is -2.38. The number of piperazine rings is 1. The smallest absolute Gasteiger partial charge is 0.263 e. The Morgan fingerprint density at radius 2 is 1.85 bits per heavy atom. The molecule has 5 nitrogen and oxygen atoms in total. The second kappa shape index (κ2) is 10.2. The molecular formula is C27H30FN3O2S. The van der Waals surface area contributed by atoms with Crippen LogP contribution in [-0.4, -0.2) is 68.6 Å². The van der Waals surface area contributed by atoms with Gasteiger partial charge in [-0.2, -0.15) is 0 Å². The van der Waals surface area contributed by atoms with Gasteiger partial charge >= 0.3 is 0 Å². The van der Waals surface area contributed by atoms with Crippen LogP contribution in [0, 0.1) is 11.7 Å². The van der Waals surface area contributed by atoms with Crippen molar-refractivity contribution in [2.24, 2.45) is 5.92 Å². The van der Waals surface area contributed by atoms with E-state index >= 15 is 0 Å². The molecule has 5 rings (SSSR count). The Morgan fingerprint density at radius 1 is 1.03 bits per heavy atom. The zero-order chi connectivity index (χ0) is 23.5. The molecule has 0 saturated carbocycles. The Balaban J connectivity index is 1.27. The Kier molecular flexibility index (Phi) is 6.83. The number of amides is 1. The molecule has 34 heavy (non-hydrogen) atoms. The summed E-state index contributed by atoms with van der Waals surface area (Å²) in [7, 11) is 1.69. The zero-order valence-corrected chi connectivity index (χ0v) is 20.2. The van der Waals surface area contributed by atoms with Gasteiger partial charge in [0, 0.05) is 63.5 Å². The summed E-state index contributed by atoms with van der Waals surface area (Å²) < 4.78 is 19.4. The number of thiophene rings is 1. The van der Waals surface area contributed by atoms with Crippen LogP contribution in [0.2, 0.25) is 0 Å². The van der Waals surface area contributed by atoms with E-state index in [-0.39, 0.29) is 23.6 Å². The largest absolute Gasteiger partial charge is 0.497 e. The maximum Gasteiger partial charge on any atom is 0.263 e. The summed E-state index contributed by atoms with van der Waals surface area (Å²) in [6.45, 7) is 6.06. The molecule has 0 unspecified atom stereocenters. The van der Waals surface area contributed by atoms with Gasteiger partial charge in [0.1, 0.15) is 11.6 Å². The van der Waals surface area contributed by atoms with Crippen molar-refractivity contribution in [3.63, 3.8) is 0 Å². The molecule has 0 aliphatic carbocycles. The molecule has 178 valence electrons. The van der Waals surface area contributed by atoms with E-state index < -0.39 is 0 Å². The fourth-order valence-electron chi connectivity index (χ4n) is 5.22. The molecule has 3 aromatic rings. The number of hydrogen-bond acceptors (Lipinski definition) is 5. The minimum atomic E-state index is -0.216. The van der Waals surface area contributed by atoms with Crippen molar-refractivity contribution in [1.82, 2.24) is 9.80 Å². The molecule has 1 aromatic heterocycles. The summed E-state index contributed by atoms with van der Waals surface area (Å²) >= 11 is 1.48. The van der Waals surface area contributed by atoms with Crippen molar-refractivity contribution in [3.8, 4) is 5.75 Å². The average Bonchev–Trinajstić information content (AvgIpc) is 3.55. The van der Waals surface area contributed by atoms with Crippen molar-refractivity contribution < 1.29 is 13.9 Å². The van der Waals surface area contributed by atoms with Gasteiger partial charge in [-0.05, 0) is 47.2 Å². The van der Waals surface area contributed by atoms with Crippen LogP contribution in [0.5, 0.6) is 5.75 Å². The quantitative estimate of drug-likeness (QED) is 0.519. The van der Waals surface area contributed by atoms with Crippen LogP contribution in [0.25, 0.3) is 0 Å².